The van der Waals surface area contributed by atoms with Crippen molar-refractivity contribution in [2.75, 3.05) is 24.3 Å². The molecule has 0 saturated heterocycles. The Kier molecular flexibility index (Phi) is 6.40. The van der Waals surface area contributed by atoms with Crippen LogP contribution in [0.25, 0.3) is 0 Å². The second-order valence-electron chi connectivity index (χ2n) is 8.95. The van der Waals surface area contributed by atoms with Crippen LogP contribution in [0.2, 0.25) is 0 Å². The smallest absolute Gasteiger partial charge is 0.407 e. The maximum atomic E-state index is 13.1. The van der Waals surface area contributed by atoms with Gasteiger partial charge >= 0.3 is 6.09 Å². The van der Waals surface area contributed by atoms with Gasteiger partial charge in [0.15, 0.2) is 0 Å². The largest absolute Gasteiger partial charge is 0.481 e. The molecule has 0 radical (unpaired) electrons. The van der Waals surface area contributed by atoms with Gasteiger partial charge in [0.05, 0.1) is 12.7 Å². The topological polar surface area (TPSA) is 104 Å². The molecule has 34 heavy (non-hydrogen) atoms. The van der Waals surface area contributed by atoms with Gasteiger partial charge in [0.1, 0.15) is 0 Å². The first-order valence-electron chi connectivity index (χ1n) is 11.0. The number of anilines is 2. The lowest BCUT2D eigenvalue weighted by atomic mass is 9.78. The van der Waals surface area contributed by atoms with Crippen molar-refractivity contribution in [2.24, 2.45) is 0 Å². The molecule has 0 saturated carbocycles. The molecule has 2 heterocycles. The Bertz CT molecular complexity index is 1220. The van der Waals surface area contributed by atoms with Crippen LogP contribution in [-0.2, 0) is 18.5 Å². The van der Waals surface area contributed by atoms with Crippen molar-refractivity contribution in [1.82, 2.24) is 9.88 Å². The fraction of sp³-hybridized carbons (Fsp3) is 0.269. The highest BCUT2D eigenvalue weighted by Crippen LogP contribution is 2.35. The number of hydrogen-bond donors (Lipinski definition) is 3. The molecule has 1 aliphatic heterocycles. The zero-order valence-electron chi connectivity index (χ0n) is 19.5. The molecule has 8 heteroatoms. The van der Waals surface area contributed by atoms with E-state index in [0.29, 0.717) is 42.5 Å². The minimum absolute atomic E-state index is 0.250. The van der Waals surface area contributed by atoms with E-state index in [9.17, 15) is 14.7 Å². The number of nitrogens with zero attached hydrogens (tertiary/aromatic N) is 2. The third-order valence-electron chi connectivity index (χ3n) is 5.97. The Morgan fingerprint density at radius 1 is 1.15 bits per heavy atom. The lowest BCUT2D eigenvalue weighted by Crippen LogP contribution is -2.44. The molecule has 3 aromatic rings. The van der Waals surface area contributed by atoms with Crippen molar-refractivity contribution in [3.8, 4) is 5.88 Å². The van der Waals surface area contributed by atoms with Crippen molar-refractivity contribution in [1.29, 1.82) is 0 Å². The number of para-hydroxylation sites is 1. The van der Waals surface area contributed by atoms with Crippen LogP contribution < -0.4 is 15.4 Å². The van der Waals surface area contributed by atoms with E-state index in [4.69, 9.17) is 4.74 Å². The second-order valence-corrected chi connectivity index (χ2v) is 8.95. The molecule has 4 rings (SSSR count). The molecule has 8 nitrogen and oxygen atoms in total. The van der Waals surface area contributed by atoms with Crippen molar-refractivity contribution < 1.29 is 19.4 Å². The highest BCUT2D eigenvalue weighted by molar-refractivity contribution is 6.08. The van der Waals surface area contributed by atoms with Crippen LogP contribution >= 0.6 is 0 Å². The van der Waals surface area contributed by atoms with Crippen molar-refractivity contribution >= 4 is 23.4 Å². The van der Waals surface area contributed by atoms with Gasteiger partial charge in [-0.25, -0.2) is 9.78 Å². The van der Waals surface area contributed by atoms with Crippen molar-refractivity contribution in [3.63, 3.8) is 0 Å². The van der Waals surface area contributed by atoms with Crippen LogP contribution in [0.1, 0.15) is 40.9 Å². The monoisotopic (exact) mass is 460 g/mol. The van der Waals surface area contributed by atoms with E-state index in [-0.39, 0.29) is 11.3 Å². The summed E-state index contributed by atoms with van der Waals surface area (Å²) in [5, 5.41) is 15.8. The van der Waals surface area contributed by atoms with Gasteiger partial charge < -0.3 is 25.4 Å². The number of carbonyl (C=O) groups excluding carboxylic acids is 1. The van der Waals surface area contributed by atoms with Crippen molar-refractivity contribution in [3.05, 3.63) is 83.0 Å². The molecule has 2 amide bonds. The molecule has 0 unspecified atom stereocenters. The molecule has 2 aromatic carbocycles. The number of rotatable bonds is 6. The van der Waals surface area contributed by atoms with E-state index in [0.717, 1.165) is 16.7 Å². The number of fused-ring (bicyclic) bond motifs is 1. The molecule has 176 valence electrons. The molecule has 0 fully saturated rings. The Hall–Kier alpha value is -4.07. The fourth-order valence-electron chi connectivity index (χ4n) is 4.32. The summed E-state index contributed by atoms with van der Waals surface area (Å²) in [5.74, 6) is 0.280. The average Bonchev–Trinajstić information content (AvgIpc) is 2.82. The third kappa shape index (κ3) is 4.96. The van der Waals surface area contributed by atoms with Crippen LogP contribution in [0.3, 0.4) is 0 Å². The molecule has 0 spiro atoms. The normalized spacial score (nSPS) is 14.1. The lowest BCUT2D eigenvalue weighted by molar-refractivity contribution is 0.102. The van der Waals surface area contributed by atoms with Crippen LogP contribution in [0, 0.1) is 0 Å². The summed E-state index contributed by atoms with van der Waals surface area (Å²) < 4.78 is 5.17. The summed E-state index contributed by atoms with van der Waals surface area (Å²) >= 11 is 0. The molecule has 1 aromatic heterocycles. The fourth-order valence-corrected chi connectivity index (χ4v) is 4.32. The van der Waals surface area contributed by atoms with Gasteiger partial charge in [-0.15, -0.1) is 0 Å². The number of nitrogens with one attached hydrogen (secondary N) is 2. The van der Waals surface area contributed by atoms with E-state index < -0.39 is 6.09 Å². The minimum atomic E-state index is -0.944. The van der Waals surface area contributed by atoms with E-state index in [2.05, 4.69) is 15.6 Å². The second kappa shape index (κ2) is 9.43. The van der Waals surface area contributed by atoms with Crippen LogP contribution in [-0.4, -0.2) is 40.6 Å². The third-order valence-corrected chi connectivity index (χ3v) is 5.97. The average molecular weight is 461 g/mol. The summed E-state index contributed by atoms with van der Waals surface area (Å²) in [5.41, 5.74) is 4.50. The van der Waals surface area contributed by atoms with Gasteiger partial charge in [-0.2, -0.15) is 0 Å². The van der Waals surface area contributed by atoms with E-state index in [1.807, 2.05) is 62.4 Å². The molecular weight excluding hydrogens is 432 g/mol. The first-order valence-corrected chi connectivity index (χ1v) is 11.0. The predicted molar refractivity (Wildman–Crippen MR) is 130 cm³/mol. The maximum Gasteiger partial charge on any atom is 0.407 e. The molecule has 0 atom stereocenters. The summed E-state index contributed by atoms with van der Waals surface area (Å²) in [6.45, 7) is 5.29. The standard InChI is InChI=1S/C26H28N4O4/c1-26(2)16-30(25(32)33)15-18-13-19(8-9-21(18)26)29-24(31)20-6-4-5-7-22(20)28-14-17-10-11-27-23(12-17)34-3/h4-13,28H,14-16H2,1-3H3,(H,29,31)(H,32,33). The molecule has 3 N–H and O–H groups in total. The highest BCUT2D eigenvalue weighted by Gasteiger charge is 2.34. The highest BCUT2D eigenvalue weighted by atomic mass is 16.5. The number of pyridine rings is 1. The number of hydrogen-bond acceptors (Lipinski definition) is 5. The number of carboxylic acid groups (broad SMARTS) is 1. The zero-order chi connectivity index (χ0) is 24.3. The van der Waals surface area contributed by atoms with Gasteiger partial charge in [0, 0.05) is 48.7 Å². The molecule has 0 bridgehead atoms. The molecule has 0 aliphatic carbocycles. The van der Waals surface area contributed by atoms with Gasteiger partial charge in [0.25, 0.3) is 5.91 Å². The summed E-state index contributed by atoms with van der Waals surface area (Å²) in [7, 11) is 1.57. The lowest BCUT2D eigenvalue weighted by Gasteiger charge is -2.38. The summed E-state index contributed by atoms with van der Waals surface area (Å²) in [6, 6.07) is 16.7. The van der Waals surface area contributed by atoms with E-state index in [1.165, 1.54) is 4.90 Å². The number of methoxy groups -OCH3 is 1. The number of benzene rings is 2. The first kappa shape index (κ1) is 23.1. The van der Waals surface area contributed by atoms with E-state index >= 15 is 0 Å². The van der Waals surface area contributed by atoms with E-state index in [1.54, 1.807) is 19.4 Å². The van der Waals surface area contributed by atoms with Gasteiger partial charge in [-0.05, 0) is 47.0 Å². The zero-order valence-corrected chi connectivity index (χ0v) is 19.5. The van der Waals surface area contributed by atoms with Crippen LogP contribution in [0.4, 0.5) is 16.2 Å². The molecule has 1 aliphatic rings. The Morgan fingerprint density at radius 3 is 2.71 bits per heavy atom. The van der Waals surface area contributed by atoms with Gasteiger partial charge in [0.2, 0.25) is 5.88 Å². The Morgan fingerprint density at radius 2 is 1.94 bits per heavy atom. The number of aromatic nitrogens is 1. The van der Waals surface area contributed by atoms with Gasteiger partial charge in [-0.1, -0.05) is 32.0 Å². The van der Waals surface area contributed by atoms with Crippen LogP contribution in [0.15, 0.2) is 60.8 Å². The predicted octanol–water partition coefficient (Wildman–Crippen LogP) is 4.73. The number of ether oxygens (including phenoxy) is 1. The van der Waals surface area contributed by atoms with Gasteiger partial charge in [-0.3, -0.25) is 4.79 Å². The molecular formula is C26H28N4O4. The minimum Gasteiger partial charge on any atom is -0.481 e. The quantitative estimate of drug-likeness (QED) is 0.492. The van der Waals surface area contributed by atoms with Crippen molar-refractivity contribution in [2.45, 2.75) is 32.4 Å². The number of carbonyl (C=O) groups is 2. The summed E-state index contributed by atoms with van der Waals surface area (Å²) in [4.78, 5) is 30.2. The maximum absolute atomic E-state index is 13.1. The van der Waals surface area contributed by atoms with Crippen LogP contribution in [0.5, 0.6) is 5.88 Å². The first-order chi connectivity index (χ1) is 16.3. The SMILES string of the molecule is COc1cc(CNc2ccccc2C(=O)Nc2ccc3c(c2)CN(C(=O)O)CC3(C)C)ccn1. The number of amides is 2. The summed E-state index contributed by atoms with van der Waals surface area (Å²) in [6.07, 6.45) is 0.733. The Balaban J connectivity index is 1.51. The Labute approximate surface area is 198 Å².